The van der Waals surface area contributed by atoms with Gasteiger partial charge >= 0.3 is 0 Å². The van der Waals surface area contributed by atoms with Crippen molar-refractivity contribution in [1.29, 1.82) is 0 Å². The van der Waals surface area contributed by atoms with Gasteiger partial charge in [-0.05, 0) is 50.2 Å². The van der Waals surface area contributed by atoms with Gasteiger partial charge in [-0.3, -0.25) is 9.69 Å². The van der Waals surface area contributed by atoms with E-state index in [0.717, 1.165) is 50.5 Å². The van der Waals surface area contributed by atoms with Crippen LogP contribution in [-0.4, -0.2) is 89.9 Å². The van der Waals surface area contributed by atoms with E-state index in [1.165, 1.54) is 25.9 Å². The molecule has 7 heteroatoms. The van der Waals surface area contributed by atoms with Crippen molar-refractivity contribution in [2.24, 2.45) is 0 Å². The van der Waals surface area contributed by atoms with Gasteiger partial charge in [0, 0.05) is 51.0 Å². The van der Waals surface area contributed by atoms with Gasteiger partial charge in [-0.15, -0.1) is 0 Å². The van der Waals surface area contributed by atoms with Crippen LogP contribution in [0.4, 0.5) is 0 Å². The Morgan fingerprint density at radius 3 is 2.21 bits per heavy atom. The lowest BCUT2D eigenvalue weighted by Crippen LogP contribution is -2.50. The lowest BCUT2D eigenvalue weighted by Gasteiger charge is -2.35. The molecule has 0 N–H and O–H groups in total. The molecule has 7 nitrogen and oxygen atoms in total. The van der Waals surface area contributed by atoms with Crippen molar-refractivity contribution in [3.8, 4) is 22.7 Å². The minimum absolute atomic E-state index is 0.0299. The van der Waals surface area contributed by atoms with Crippen LogP contribution < -0.4 is 4.74 Å². The van der Waals surface area contributed by atoms with Crippen LogP contribution in [0.2, 0.25) is 0 Å². The molecule has 0 aliphatic carbocycles. The molecular formula is C27H33N5O2. The molecule has 34 heavy (non-hydrogen) atoms. The van der Waals surface area contributed by atoms with Gasteiger partial charge in [0.15, 0.2) is 0 Å². The van der Waals surface area contributed by atoms with Crippen molar-refractivity contribution in [3.05, 3.63) is 66.4 Å². The summed E-state index contributed by atoms with van der Waals surface area (Å²) in [6.45, 7) is 7.98. The first kappa shape index (κ1) is 22.6. The summed E-state index contributed by atoms with van der Waals surface area (Å²) >= 11 is 0. The quantitative estimate of drug-likeness (QED) is 0.542. The van der Waals surface area contributed by atoms with Gasteiger partial charge in [-0.2, -0.15) is 5.10 Å². The summed E-state index contributed by atoms with van der Waals surface area (Å²) in [6, 6.07) is 17.7. The van der Waals surface area contributed by atoms with Crippen molar-refractivity contribution in [2.75, 3.05) is 59.5 Å². The highest BCUT2D eigenvalue weighted by molar-refractivity contribution is 6.00. The molecule has 2 fully saturated rings. The van der Waals surface area contributed by atoms with E-state index >= 15 is 0 Å². The molecule has 1 amide bonds. The maximum Gasteiger partial charge on any atom is 0.257 e. The summed E-state index contributed by atoms with van der Waals surface area (Å²) in [7, 11) is 1.65. The van der Waals surface area contributed by atoms with Crippen LogP contribution in [0.25, 0.3) is 16.9 Å². The molecule has 0 radical (unpaired) electrons. The molecule has 3 aromatic rings. The minimum Gasteiger partial charge on any atom is -0.496 e. The van der Waals surface area contributed by atoms with Crippen molar-refractivity contribution in [2.45, 2.75) is 12.8 Å². The van der Waals surface area contributed by atoms with Gasteiger partial charge in [0.1, 0.15) is 11.4 Å². The zero-order valence-corrected chi connectivity index (χ0v) is 19.9. The van der Waals surface area contributed by atoms with Crippen LogP contribution in [0, 0.1) is 0 Å². The van der Waals surface area contributed by atoms with Crippen molar-refractivity contribution >= 4 is 5.91 Å². The first-order chi connectivity index (χ1) is 16.7. The highest BCUT2D eigenvalue weighted by Gasteiger charge is 2.28. The van der Waals surface area contributed by atoms with E-state index in [0.29, 0.717) is 17.0 Å². The van der Waals surface area contributed by atoms with Gasteiger partial charge in [0.05, 0.1) is 18.4 Å². The summed E-state index contributed by atoms with van der Waals surface area (Å²) < 4.78 is 7.39. The van der Waals surface area contributed by atoms with E-state index in [1.807, 2.05) is 65.7 Å². The Bertz CT molecular complexity index is 1100. The lowest BCUT2D eigenvalue weighted by atomic mass is 10.1. The van der Waals surface area contributed by atoms with E-state index in [-0.39, 0.29) is 5.91 Å². The van der Waals surface area contributed by atoms with E-state index in [1.54, 1.807) is 11.8 Å². The topological polar surface area (TPSA) is 53.8 Å². The normalized spacial score (nSPS) is 17.3. The summed E-state index contributed by atoms with van der Waals surface area (Å²) in [5.74, 6) is 0.740. The van der Waals surface area contributed by atoms with Crippen LogP contribution in [0.5, 0.6) is 5.75 Å². The number of ether oxygens (including phenoxy) is 1. The maximum atomic E-state index is 13.7. The van der Waals surface area contributed by atoms with Gasteiger partial charge in [-0.1, -0.05) is 30.3 Å². The van der Waals surface area contributed by atoms with Crippen LogP contribution in [0.1, 0.15) is 23.2 Å². The Morgan fingerprint density at radius 1 is 0.853 bits per heavy atom. The number of hydrogen-bond donors (Lipinski definition) is 0. The predicted molar refractivity (Wildman–Crippen MR) is 134 cm³/mol. The molecule has 0 atom stereocenters. The van der Waals surface area contributed by atoms with Crippen molar-refractivity contribution < 1.29 is 9.53 Å². The zero-order valence-electron chi connectivity index (χ0n) is 19.9. The lowest BCUT2D eigenvalue weighted by molar-refractivity contribution is 0.0627. The molecule has 0 bridgehead atoms. The third kappa shape index (κ3) is 4.86. The minimum atomic E-state index is 0.0299. The largest absolute Gasteiger partial charge is 0.496 e. The molecule has 0 saturated carbocycles. The fourth-order valence-electron chi connectivity index (χ4n) is 4.92. The molecule has 2 aliphatic heterocycles. The molecule has 0 spiro atoms. The number of likely N-dealkylation sites (tertiary alicyclic amines) is 1. The molecule has 5 rings (SSSR count). The van der Waals surface area contributed by atoms with Crippen LogP contribution in [0.15, 0.2) is 60.8 Å². The number of methoxy groups -OCH3 is 1. The van der Waals surface area contributed by atoms with Crippen LogP contribution in [-0.2, 0) is 0 Å². The second-order valence-electron chi connectivity index (χ2n) is 9.05. The SMILES string of the molecule is COc1ccccc1-c1nn(-c2ccccc2)cc1C(=O)N1CCN(CCN2CCCC2)CC1. The molecular weight excluding hydrogens is 426 g/mol. The molecule has 2 aromatic carbocycles. The standard InChI is InChI=1S/C27H33N5O2/c1-34-25-12-6-5-11-23(25)26-24(21-32(28-26)22-9-3-2-4-10-22)27(33)31-19-17-30(18-20-31)16-15-29-13-7-8-14-29/h2-6,9-12,21H,7-8,13-20H2,1H3. The number of amides is 1. The number of aromatic nitrogens is 2. The average Bonchev–Trinajstić information content (AvgIpc) is 3.58. The van der Waals surface area contributed by atoms with Gasteiger partial charge in [-0.25, -0.2) is 4.68 Å². The van der Waals surface area contributed by atoms with E-state index in [4.69, 9.17) is 9.84 Å². The Balaban J connectivity index is 1.36. The van der Waals surface area contributed by atoms with Gasteiger partial charge in [0.25, 0.3) is 5.91 Å². The Kier molecular flexibility index (Phi) is 6.92. The number of nitrogens with zero attached hydrogens (tertiary/aromatic N) is 5. The third-order valence-corrected chi connectivity index (χ3v) is 6.92. The number of carbonyl (C=O) groups is 1. The number of carbonyl (C=O) groups excluding carboxylic acids is 1. The van der Waals surface area contributed by atoms with Gasteiger partial charge in [0.2, 0.25) is 0 Å². The number of benzene rings is 2. The zero-order chi connectivity index (χ0) is 23.3. The first-order valence-corrected chi connectivity index (χ1v) is 12.3. The average molecular weight is 460 g/mol. The molecule has 3 heterocycles. The molecule has 2 saturated heterocycles. The third-order valence-electron chi connectivity index (χ3n) is 6.92. The van der Waals surface area contributed by atoms with Gasteiger partial charge < -0.3 is 14.5 Å². The summed E-state index contributed by atoms with van der Waals surface area (Å²) in [4.78, 5) is 20.7. The first-order valence-electron chi connectivity index (χ1n) is 12.3. The van der Waals surface area contributed by atoms with Crippen LogP contribution in [0.3, 0.4) is 0 Å². The Morgan fingerprint density at radius 2 is 1.50 bits per heavy atom. The second kappa shape index (κ2) is 10.4. The second-order valence-corrected chi connectivity index (χ2v) is 9.05. The summed E-state index contributed by atoms with van der Waals surface area (Å²) in [5.41, 5.74) is 3.01. The number of piperazine rings is 1. The highest BCUT2D eigenvalue weighted by atomic mass is 16.5. The maximum absolute atomic E-state index is 13.7. The predicted octanol–water partition coefficient (Wildman–Crippen LogP) is 3.40. The highest BCUT2D eigenvalue weighted by Crippen LogP contribution is 2.32. The fourth-order valence-corrected chi connectivity index (χ4v) is 4.92. The number of rotatable bonds is 7. The van der Waals surface area contributed by atoms with E-state index in [2.05, 4.69) is 9.80 Å². The smallest absolute Gasteiger partial charge is 0.257 e. The Hall–Kier alpha value is -3.16. The molecule has 2 aliphatic rings. The summed E-state index contributed by atoms with van der Waals surface area (Å²) in [6.07, 6.45) is 4.51. The fraction of sp³-hybridized carbons (Fsp3) is 0.407. The summed E-state index contributed by atoms with van der Waals surface area (Å²) in [5, 5.41) is 4.84. The molecule has 1 aromatic heterocycles. The van der Waals surface area contributed by atoms with E-state index < -0.39 is 0 Å². The van der Waals surface area contributed by atoms with Crippen molar-refractivity contribution in [1.82, 2.24) is 24.5 Å². The number of hydrogen-bond acceptors (Lipinski definition) is 5. The Labute approximate surface area is 201 Å². The molecule has 178 valence electrons. The number of para-hydroxylation sites is 2. The van der Waals surface area contributed by atoms with Crippen molar-refractivity contribution in [3.63, 3.8) is 0 Å². The monoisotopic (exact) mass is 459 g/mol. The molecule has 0 unspecified atom stereocenters. The van der Waals surface area contributed by atoms with E-state index in [9.17, 15) is 4.79 Å². The van der Waals surface area contributed by atoms with Crippen LogP contribution >= 0.6 is 0 Å².